The number of benzene rings is 1. The number of hydrogen-bond donors (Lipinski definition) is 1. The number of anilines is 1. The van der Waals surface area contributed by atoms with E-state index in [4.69, 9.17) is 0 Å². The van der Waals surface area contributed by atoms with E-state index in [1.807, 2.05) is 12.1 Å². The fraction of sp³-hybridized carbons (Fsp3) is 0.350. The summed E-state index contributed by atoms with van der Waals surface area (Å²) in [6, 6.07) is 12.2. The molecule has 1 amide bonds. The molecule has 1 aromatic carbocycles. The average molecular weight is 366 g/mol. The third-order valence-corrected chi connectivity index (χ3v) is 5.85. The smallest absolute Gasteiger partial charge is 0.225 e. The Morgan fingerprint density at radius 1 is 1.31 bits per heavy atom. The largest absolute Gasteiger partial charge is 0.352 e. The number of pyridine rings is 1. The highest BCUT2D eigenvalue weighted by Gasteiger charge is 2.27. The summed E-state index contributed by atoms with van der Waals surface area (Å²) in [5, 5.41) is 4.06. The van der Waals surface area contributed by atoms with E-state index in [1.165, 1.54) is 5.56 Å². The van der Waals surface area contributed by atoms with Crippen molar-refractivity contribution in [2.24, 2.45) is 5.92 Å². The van der Waals surface area contributed by atoms with Gasteiger partial charge in [-0.2, -0.15) is 0 Å². The number of carbonyl (C=O) groups excluding carboxylic acids is 1. The van der Waals surface area contributed by atoms with Crippen molar-refractivity contribution < 1.29 is 4.79 Å². The molecule has 1 N–H and O–H groups in total. The second-order valence-corrected chi connectivity index (χ2v) is 7.77. The third kappa shape index (κ3) is 3.70. The summed E-state index contributed by atoms with van der Waals surface area (Å²) in [6.45, 7) is 4.32. The number of aryl methyl sites for hydroxylation is 1. The van der Waals surface area contributed by atoms with Gasteiger partial charge in [0.2, 0.25) is 5.91 Å². The summed E-state index contributed by atoms with van der Waals surface area (Å²) in [7, 11) is 0. The van der Waals surface area contributed by atoms with Crippen LogP contribution in [0.15, 0.2) is 42.6 Å². The number of fused-ring (bicyclic) bond motifs is 1. The second-order valence-electron chi connectivity index (χ2n) is 6.81. The standard InChI is InChI=1S/C20H22N4OS/c1-14-6-8-15(9-7-14)12-22-18(25)16-4-3-11-24(13-16)20-23-17-5-2-10-21-19(17)26-20/h2,5-10,16H,3-4,11-13H2,1H3,(H,22,25)/t16-/m0/s1. The van der Waals surface area contributed by atoms with Crippen molar-refractivity contribution in [3.05, 3.63) is 53.7 Å². The molecule has 2 aromatic heterocycles. The minimum Gasteiger partial charge on any atom is -0.352 e. The number of amides is 1. The molecular formula is C20H22N4OS. The molecule has 3 heterocycles. The molecule has 1 aliphatic rings. The van der Waals surface area contributed by atoms with Gasteiger partial charge in [0.05, 0.1) is 5.92 Å². The molecule has 1 aliphatic heterocycles. The minimum absolute atomic E-state index is 0.00849. The maximum Gasteiger partial charge on any atom is 0.225 e. The summed E-state index contributed by atoms with van der Waals surface area (Å²) in [5.74, 6) is 0.142. The highest BCUT2D eigenvalue weighted by Crippen LogP contribution is 2.30. The van der Waals surface area contributed by atoms with Gasteiger partial charge in [0.1, 0.15) is 10.3 Å². The lowest BCUT2D eigenvalue weighted by Crippen LogP contribution is -2.42. The molecule has 0 aliphatic carbocycles. The molecule has 0 bridgehead atoms. The van der Waals surface area contributed by atoms with E-state index in [0.29, 0.717) is 6.54 Å². The molecule has 1 saturated heterocycles. The first-order valence-corrected chi connectivity index (χ1v) is 9.80. The summed E-state index contributed by atoms with van der Waals surface area (Å²) < 4.78 is 0. The van der Waals surface area contributed by atoms with Crippen molar-refractivity contribution in [3.63, 3.8) is 0 Å². The SMILES string of the molecule is Cc1ccc(CNC(=O)[C@H]2CCCN(c3nc4cccnc4s3)C2)cc1. The van der Waals surface area contributed by atoms with Gasteiger partial charge in [0.15, 0.2) is 5.13 Å². The van der Waals surface area contributed by atoms with Crippen LogP contribution in [0.2, 0.25) is 0 Å². The molecule has 0 saturated carbocycles. The molecule has 1 atom stereocenters. The summed E-state index contributed by atoms with van der Waals surface area (Å²) in [5.41, 5.74) is 3.29. The predicted octanol–water partition coefficient (Wildman–Crippen LogP) is 3.53. The van der Waals surface area contributed by atoms with Gasteiger partial charge >= 0.3 is 0 Å². The molecule has 26 heavy (non-hydrogen) atoms. The number of piperidine rings is 1. The number of aromatic nitrogens is 2. The van der Waals surface area contributed by atoms with Crippen molar-refractivity contribution in [2.45, 2.75) is 26.3 Å². The Morgan fingerprint density at radius 3 is 2.96 bits per heavy atom. The van der Waals surface area contributed by atoms with Gasteiger partial charge in [0.25, 0.3) is 0 Å². The number of carbonyl (C=O) groups is 1. The zero-order chi connectivity index (χ0) is 17.9. The first-order valence-electron chi connectivity index (χ1n) is 8.99. The van der Waals surface area contributed by atoms with Gasteiger partial charge in [-0.3, -0.25) is 4.79 Å². The van der Waals surface area contributed by atoms with Crippen molar-refractivity contribution in [2.75, 3.05) is 18.0 Å². The lowest BCUT2D eigenvalue weighted by Gasteiger charge is -2.31. The quantitative estimate of drug-likeness (QED) is 0.767. The Balaban J connectivity index is 1.39. The Kier molecular flexibility index (Phi) is 4.84. The normalized spacial score (nSPS) is 17.4. The van der Waals surface area contributed by atoms with Crippen LogP contribution in [0.25, 0.3) is 10.3 Å². The Hall–Kier alpha value is -2.47. The zero-order valence-electron chi connectivity index (χ0n) is 14.8. The molecular weight excluding hydrogens is 344 g/mol. The summed E-state index contributed by atoms with van der Waals surface area (Å²) in [6.07, 6.45) is 3.73. The molecule has 4 rings (SSSR count). The lowest BCUT2D eigenvalue weighted by molar-refractivity contribution is -0.125. The minimum atomic E-state index is 0.00849. The topological polar surface area (TPSA) is 58.1 Å². The fourth-order valence-corrected chi connectivity index (χ4v) is 4.24. The van der Waals surface area contributed by atoms with Crippen molar-refractivity contribution >= 4 is 32.7 Å². The predicted molar refractivity (Wildman–Crippen MR) is 105 cm³/mol. The van der Waals surface area contributed by atoms with E-state index in [2.05, 4.69) is 51.4 Å². The van der Waals surface area contributed by atoms with E-state index < -0.39 is 0 Å². The number of nitrogens with zero attached hydrogens (tertiary/aromatic N) is 3. The molecule has 0 radical (unpaired) electrons. The van der Waals surface area contributed by atoms with Crippen LogP contribution in [0, 0.1) is 12.8 Å². The van der Waals surface area contributed by atoms with E-state index in [0.717, 1.165) is 47.0 Å². The monoisotopic (exact) mass is 366 g/mol. The van der Waals surface area contributed by atoms with Crippen molar-refractivity contribution in [1.29, 1.82) is 0 Å². The van der Waals surface area contributed by atoms with Gasteiger partial charge in [-0.25, -0.2) is 9.97 Å². The van der Waals surface area contributed by atoms with Crippen LogP contribution in [0.5, 0.6) is 0 Å². The molecule has 3 aromatic rings. The summed E-state index contributed by atoms with van der Waals surface area (Å²) in [4.78, 5) is 24.9. The molecule has 134 valence electrons. The summed E-state index contributed by atoms with van der Waals surface area (Å²) >= 11 is 1.60. The molecule has 5 nitrogen and oxygen atoms in total. The van der Waals surface area contributed by atoms with Crippen molar-refractivity contribution in [1.82, 2.24) is 15.3 Å². The number of nitrogens with one attached hydrogen (secondary N) is 1. The highest BCUT2D eigenvalue weighted by atomic mass is 32.1. The number of thiazole rings is 1. The van der Waals surface area contributed by atoms with Crippen LogP contribution >= 0.6 is 11.3 Å². The van der Waals surface area contributed by atoms with Crippen LogP contribution in [0.1, 0.15) is 24.0 Å². The Labute approximate surface area is 157 Å². The maximum absolute atomic E-state index is 12.6. The average Bonchev–Trinajstić information content (AvgIpc) is 3.12. The van der Waals surface area contributed by atoms with E-state index >= 15 is 0 Å². The third-order valence-electron chi connectivity index (χ3n) is 4.81. The molecule has 1 fully saturated rings. The molecule has 0 spiro atoms. The molecule has 6 heteroatoms. The van der Waals surface area contributed by atoms with Crippen LogP contribution in [0.3, 0.4) is 0 Å². The van der Waals surface area contributed by atoms with Crippen LogP contribution in [0.4, 0.5) is 5.13 Å². The fourth-order valence-electron chi connectivity index (χ4n) is 3.30. The first kappa shape index (κ1) is 17.0. The van der Waals surface area contributed by atoms with E-state index in [1.54, 1.807) is 17.5 Å². The van der Waals surface area contributed by atoms with Crippen LogP contribution in [-0.2, 0) is 11.3 Å². The van der Waals surface area contributed by atoms with Crippen LogP contribution in [-0.4, -0.2) is 29.0 Å². The van der Waals surface area contributed by atoms with Gasteiger partial charge < -0.3 is 10.2 Å². The second kappa shape index (κ2) is 7.41. The number of hydrogen-bond acceptors (Lipinski definition) is 5. The maximum atomic E-state index is 12.6. The zero-order valence-corrected chi connectivity index (χ0v) is 15.6. The number of rotatable bonds is 4. The van der Waals surface area contributed by atoms with Gasteiger partial charge in [-0.05, 0) is 37.5 Å². The van der Waals surface area contributed by atoms with E-state index in [9.17, 15) is 4.79 Å². The van der Waals surface area contributed by atoms with E-state index in [-0.39, 0.29) is 11.8 Å². The van der Waals surface area contributed by atoms with Crippen molar-refractivity contribution in [3.8, 4) is 0 Å². The Morgan fingerprint density at radius 2 is 2.15 bits per heavy atom. The van der Waals surface area contributed by atoms with Gasteiger partial charge in [0, 0.05) is 25.8 Å². The molecule has 0 unspecified atom stereocenters. The van der Waals surface area contributed by atoms with Crippen LogP contribution < -0.4 is 10.2 Å². The first-order chi connectivity index (χ1) is 12.7. The van der Waals surface area contributed by atoms with Gasteiger partial charge in [-0.15, -0.1) is 0 Å². The lowest BCUT2D eigenvalue weighted by atomic mass is 9.97. The Bertz CT molecular complexity index is 873. The highest BCUT2D eigenvalue weighted by molar-refractivity contribution is 7.21. The van der Waals surface area contributed by atoms with Gasteiger partial charge in [-0.1, -0.05) is 41.2 Å².